The maximum atomic E-state index is 13.3. The summed E-state index contributed by atoms with van der Waals surface area (Å²) in [5.74, 6) is 1.06. The van der Waals surface area contributed by atoms with Gasteiger partial charge in [0, 0.05) is 12.5 Å². The zero-order valence-electron chi connectivity index (χ0n) is 21.4. The summed E-state index contributed by atoms with van der Waals surface area (Å²) in [6, 6.07) is 7.97. The lowest BCUT2D eigenvalue weighted by molar-refractivity contribution is -0.385. The molecule has 3 aliphatic heterocycles. The molecule has 1 aromatic heterocycles. The van der Waals surface area contributed by atoms with Gasteiger partial charge in [0.1, 0.15) is 17.1 Å². The summed E-state index contributed by atoms with van der Waals surface area (Å²) in [5.41, 5.74) is 1.24. The molecule has 2 bridgehead atoms. The van der Waals surface area contributed by atoms with Gasteiger partial charge in [-0.1, -0.05) is 12.1 Å². The van der Waals surface area contributed by atoms with Gasteiger partial charge in [0.05, 0.1) is 23.1 Å². The van der Waals surface area contributed by atoms with Crippen LogP contribution in [0.2, 0.25) is 0 Å². The highest BCUT2D eigenvalue weighted by Crippen LogP contribution is 2.40. The zero-order chi connectivity index (χ0) is 26.2. The van der Waals surface area contributed by atoms with Crippen molar-refractivity contribution in [2.45, 2.75) is 65.5 Å². The molecule has 10 nitrogen and oxygen atoms in total. The maximum Gasteiger partial charge on any atom is 0.416 e. The second kappa shape index (κ2) is 9.82. The van der Waals surface area contributed by atoms with Crippen molar-refractivity contribution in [3.05, 3.63) is 56.5 Å². The predicted octanol–water partition coefficient (Wildman–Crippen LogP) is 4.62. The fourth-order valence-corrected chi connectivity index (χ4v) is 5.26. The number of nitro groups is 1. The van der Waals surface area contributed by atoms with Gasteiger partial charge in [0.15, 0.2) is 0 Å². The molecule has 0 spiro atoms. The van der Waals surface area contributed by atoms with E-state index in [-0.39, 0.29) is 23.7 Å². The average molecular weight is 493 g/mol. The van der Waals surface area contributed by atoms with Gasteiger partial charge in [-0.25, -0.2) is 14.8 Å². The van der Waals surface area contributed by atoms with Crippen LogP contribution in [0.4, 0.5) is 16.3 Å². The van der Waals surface area contributed by atoms with Crippen LogP contribution in [0.25, 0.3) is 0 Å². The maximum absolute atomic E-state index is 13.3. The Morgan fingerprint density at radius 1 is 1.28 bits per heavy atom. The lowest BCUT2D eigenvalue weighted by atomic mass is 9.74. The lowest BCUT2D eigenvalue weighted by Gasteiger charge is -2.45. The van der Waals surface area contributed by atoms with Crippen LogP contribution in [0.5, 0.6) is 0 Å². The number of hydrogen-bond acceptors (Lipinski definition) is 8. The van der Waals surface area contributed by atoms with Gasteiger partial charge in [0.25, 0.3) is 0 Å². The second-order valence-electron chi connectivity index (χ2n) is 10.6. The van der Waals surface area contributed by atoms with Gasteiger partial charge in [0.2, 0.25) is 5.82 Å². The van der Waals surface area contributed by atoms with E-state index in [1.54, 1.807) is 33.8 Å². The van der Waals surface area contributed by atoms with Crippen molar-refractivity contribution in [3.63, 3.8) is 0 Å². The summed E-state index contributed by atoms with van der Waals surface area (Å²) >= 11 is 0. The Morgan fingerprint density at radius 2 is 1.97 bits per heavy atom. The molecule has 4 heterocycles. The Kier molecular flexibility index (Phi) is 6.96. The van der Waals surface area contributed by atoms with Crippen LogP contribution >= 0.6 is 0 Å². The highest BCUT2D eigenvalue weighted by Gasteiger charge is 2.37. The molecule has 3 aliphatic rings. The minimum absolute atomic E-state index is 0.0408. The smallest absolute Gasteiger partial charge is 0.416 e. The number of aromatic nitrogens is 2. The van der Waals surface area contributed by atoms with E-state index in [0.717, 1.165) is 42.9 Å². The molecular weight excluding hydrogens is 460 g/mol. The van der Waals surface area contributed by atoms with Crippen molar-refractivity contribution in [3.8, 4) is 6.07 Å². The largest absolute Gasteiger partial charge is 0.443 e. The van der Waals surface area contributed by atoms with Crippen LogP contribution in [0, 0.1) is 41.2 Å². The van der Waals surface area contributed by atoms with Crippen molar-refractivity contribution in [2.75, 3.05) is 24.5 Å². The fraction of sp³-hybridized carbons (Fsp3) is 0.538. The number of amides is 1. The number of aryl methyl sites for hydroxylation is 2. The van der Waals surface area contributed by atoms with E-state index in [9.17, 15) is 20.2 Å². The Hall–Kier alpha value is -3.58. The molecule has 2 aromatic rings. The summed E-state index contributed by atoms with van der Waals surface area (Å²) in [4.78, 5) is 36.6. The van der Waals surface area contributed by atoms with Gasteiger partial charge in [-0.15, -0.1) is 0 Å². The predicted molar refractivity (Wildman–Crippen MR) is 134 cm³/mol. The topological polar surface area (TPSA) is 125 Å². The summed E-state index contributed by atoms with van der Waals surface area (Å²) in [5, 5.41) is 21.9. The summed E-state index contributed by atoms with van der Waals surface area (Å²) < 4.78 is 5.58. The number of piperidine rings is 3. The monoisotopic (exact) mass is 492 g/mol. The third kappa shape index (κ3) is 5.31. The number of rotatable bonds is 5. The average Bonchev–Trinajstić information content (AvgIpc) is 2.81. The highest BCUT2D eigenvalue weighted by atomic mass is 16.6. The first kappa shape index (κ1) is 25.5. The van der Waals surface area contributed by atoms with Crippen LogP contribution < -0.4 is 4.90 Å². The molecule has 3 saturated heterocycles. The highest BCUT2D eigenvalue weighted by molar-refractivity contribution is 5.89. The minimum Gasteiger partial charge on any atom is -0.443 e. The molecule has 0 radical (unpaired) electrons. The van der Waals surface area contributed by atoms with E-state index in [0.29, 0.717) is 28.8 Å². The van der Waals surface area contributed by atoms with E-state index in [4.69, 9.17) is 4.74 Å². The summed E-state index contributed by atoms with van der Waals surface area (Å²) in [7, 11) is 0. The van der Waals surface area contributed by atoms with Crippen molar-refractivity contribution in [2.24, 2.45) is 5.92 Å². The second-order valence-corrected chi connectivity index (χ2v) is 10.6. The fourth-order valence-electron chi connectivity index (χ4n) is 5.26. The lowest BCUT2D eigenvalue weighted by Crippen LogP contribution is -2.46. The minimum atomic E-state index is -0.821. The Morgan fingerprint density at radius 3 is 2.53 bits per heavy atom. The number of nitrogens with zero attached hydrogens (tertiary/aromatic N) is 6. The van der Waals surface area contributed by atoms with Crippen LogP contribution in [0.1, 0.15) is 67.7 Å². The van der Waals surface area contributed by atoms with E-state index in [2.05, 4.69) is 20.9 Å². The number of fused-ring (bicyclic) bond motifs is 3. The van der Waals surface area contributed by atoms with E-state index in [1.165, 1.54) is 6.92 Å². The van der Waals surface area contributed by atoms with Gasteiger partial charge in [-0.3, -0.25) is 15.0 Å². The molecule has 190 valence electrons. The summed E-state index contributed by atoms with van der Waals surface area (Å²) in [6.45, 7) is 11.4. The van der Waals surface area contributed by atoms with E-state index in [1.807, 2.05) is 12.1 Å². The number of benzene rings is 1. The van der Waals surface area contributed by atoms with Crippen LogP contribution in [0.3, 0.4) is 0 Å². The molecule has 0 saturated carbocycles. The van der Waals surface area contributed by atoms with E-state index < -0.39 is 16.6 Å². The number of ether oxygens (including phenoxy) is 1. The number of anilines is 1. The zero-order valence-corrected chi connectivity index (χ0v) is 21.4. The third-order valence-electron chi connectivity index (χ3n) is 6.84. The molecule has 1 aromatic carbocycles. The first-order valence-corrected chi connectivity index (χ1v) is 12.2. The standard InChI is InChI=1S/C26H32N6O4/c1-16-23(32(34)35)24(29-17(2)28-16)31(25(33)36-26(3,4)5)14-18-6-7-21(20(12-18)13-27)22-15-30-10-8-19(22)9-11-30/h6-7,12,19,22H,8-11,14-15H2,1-5H3. The molecule has 1 atom stereocenters. The molecular formula is C26H32N6O4. The molecule has 10 heteroatoms. The van der Waals surface area contributed by atoms with Gasteiger partial charge < -0.3 is 9.64 Å². The molecule has 1 unspecified atom stereocenters. The number of carbonyl (C=O) groups excluding carboxylic acids is 1. The van der Waals surface area contributed by atoms with Crippen LogP contribution in [0.15, 0.2) is 18.2 Å². The molecule has 36 heavy (non-hydrogen) atoms. The van der Waals surface area contributed by atoms with Crippen molar-refractivity contribution < 1.29 is 14.5 Å². The number of hydrogen-bond donors (Lipinski definition) is 0. The van der Waals surface area contributed by atoms with Gasteiger partial charge in [-0.2, -0.15) is 5.26 Å². The molecule has 1 amide bonds. The first-order valence-electron chi connectivity index (χ1n) is 12.2. The SMILES string of the molecule is Cc1nc(C)c([N+](=O)[O-])c(N(Cc2ccc(C3CN4CCC3CC4)c(C#N)c2)C(=O)OC(C)(C)C)n1. The molecule has 0 N–H and O–H groups in total. The Bertz CT molecular complexity index is 1220. The number of nitriles is 1. The Balaban J connectivity index is 1.73. The van der Waals surface area contributed by atoms with Crippen LogP contribution in [-0.2, 0) is 11.3 Å². The molecule has 0 aliphatic carbocycles. The van der Waals surface area contributed by atoms with Crippen molar-refractivity contribution in [1.29, 1.82) is 5.26 Å². The third-order valence-corrected chi connectivity index (χ3v) is 6.84. The van der Waals surface area contributed by atoms with Crippen molar-refractivity contribution >= 4 is 17.6 Å². The number of carbonyl (C=O) groups is 1. The first-order chi connectivity index (χ1) is 17.0. The summed E-state index contributed by atoms with van der Waals surface area (Å²) in [6.07, 6.45) is 1.52. The quantitative estimate of drug-likeness (QED) is 0.437. The van der Waals surface area contributed by atoms with Gasteiger partial charge >= 0.3 is 11.8 Å². The molecule has 3 fully saturated rings. The molecule has 5 rings (SSSR count). The van der Waals surface area contributed by atoms with Crippen LogP contribution in [-0.4, -0.2) is 51.1 Å². The van der Waals surface area contributed by atoms with Crippen molar-refractivity contribution in [1.82, 2.24) is 14.9 Å². The van der Waals surface area contributed by atoms with E-state index >= 15 is 0 Å². The van der Waals surface area contributed by atoms with Gasteiger partial charge in [-0.05, 0) is 83.7 Å². The Labute approximate surface area is 211 Å². The normalized spacial score (nSPS) is 21.1.